The molecule has 1 atom stereocenters. The molecule has 3 rings (SSSR count). The number of amides is 1. The lowest BCUT2D eigenvalue weighted by Gasteiger charge is -2.26. The number of carbonyl (C=O) groups excluding carboxylic acids is 3. The van der Waals surface area contributed by atoms with E-state index < -0.39 is 23.7 Å². The number of rotatable bonds is 9. The minimum absolute atomic E-state index is 0.0362. The van der Waals surface area contributed by atoms with Crippen molar-refractivity contribution in [2.45, 2.75) is 19.4 Å². The van der Waals surface area contributed by atoms with Crippen LogP contribution in [0.25, 0.3) is 5.76 Å². The molecule has 8 nitrogen and oxygen atoms in total. The van der Waals surface area contributed by atoms with E-state index in [1.165, 1.54) is 18.1 Å². The third-order valence-electron chi connectivity index (χ3n) is 5.70. The first kappa shape index (κ1) is 26.2. The summed E-state index contributed by atoms with van der Waals surface area (Å²) in [7, 11) is 5.14. The molecule has 2 aromatic carbocycles. The fraction of sp³-hybridized carbons (Fsp3) is 0.346. The van der Waals surface area contributed by atoms with E-state index in [1.807, 2.05) is 25.9 Å². The van der Waals surface area contributed by atoms with E-state index >= 15 is 0 Å². The molecular formula is C26H29ClN2O6. The number of ketones is 1. The number of carbonyl (C=O) groups is 3. The van der Waals surface area contributed by atoms with Gasteiger partial charge in [-0.3, -0.25) is 9.59 Å². The molecule has 1 heterocycles. The molecule has 1 amide bonds. The number of ether oxygens (including phenoxy) is 2. The van der Waals surface area contributed by atoms with Gasteiger partial charge in [-0.15, -0.1) is 0 Å². The van der Waals surface area contributed by atoms with Crippen LogP contribution in [-0.2, 0) is 14.3 Å². The van der Waals surface area contributed by atoms with Gasteiger partial charge in [-0.1, -0.05) is 23.7 Å². The van der Waals surface area contributed by atoms with Gasteiger partial charge in [-0.05, 0) is 69.9 Å². The molecule has 1 saturated heterocycles. The molecule has 0 saturated carbocycles. The van der Waals surface area contributed by atoms with Crippen molar-refractivity contribution in [1.29, 1.82) is 0 Å². The Kier molecular flexibility index (Phi) is 8.53. The summed E-state index contributed by atoms with van der Waals surface area (Å²) in [4.78, 5) is 41.5. The molecule has 2 aromatic rings. The number of esters is 1. The molecular weight excluding hydrogens is 472 g/mol. The molecule has 1 aliphatic rings. The van der Waals surface area contributed by atoms with Crippen molar-refractivity contribution in [3.63, 3.8) is 0 Å². The monoisotopic (exact) mass is 500 g/mol. The Morgan fingerprint density at radius 2 is 1.77 bits per heavy atom. The molecule has 1 aliphatic heterocycles. The third-order valence-corrected chi connectivity index (χ3v) is 5.99. The van der Waals surface area contributed by atoms with Crippen molar-refractivity contribution < 1.29 is 29.0 Å². The first-order chi connectivity index (χ1) is 16.7. The molecule has 0 unspecified atom stereocenters. The van der Waals surface area contributed by atoms with Crippen LogP contribution >= 0.6 is 11.6 Å². The standard InChI is InChI=1S/C26H29ClN2O6/c1-5-35-20-12-11-18(15-19(20)27)23(30)21-22(16-7-9-17(10-8-16)26(33)34-4)29(25(32)24(21)31)14-6-13-28(2)3/h7-12,15,22,30H,5-6,13-14H2,1-4H3/t22-/m1/s1. The second kappa shape index (κ2) is 11.4. The average Bonchev–Trinajstić information content (AvgIpc) is 3.09. The van der Waals surface area contributed by atoms with Crippen molar-refractivity contribution in [3.8, 4) is 5.75 Å². The van der Waals surface area contributed by atoms with Gasteiger partial charge in [0.15, 0.2) is 0 Å². The van der Waals surface area contributed by atoms with Crippen LogP contribution in [0.5, 0.6) is 5.75 Å². The molecule has 1 fully saturated rings. The Balaban J connectivity index is 2.09. The molecule has 0 aliphatic carbocycles. The topological polar surface area (TPSA) is 96.4 Å². The molecule has 0 spiro atoms. The van der Waals surface area contributed by atoms with Crippen LogP contribution in [0.4, 0.5) is 0 Å². The van der Waals surface area contributed by atoms with Gasteiger partial charge >= 0.3 is 5.97 Å². The number of Topliss-reactive ketones (excluding diaryl/α,β-unsaturated/α-hetero) is 1. The van der Waals surface area contributed by atoms with Crippen LogP contribution in [0.3, 0.4) is 0 Å². The summed E-state index contributed by atoms with van der Waals surface area (Å²) in [6.07, 6.45) is 0.631. The SMILES string of the molecule is CCOc1ccc(C(O)=C2C(=O)C(=O)N(CCCN(C)C)[C@@H]2c2ccc(C(=O)OC)cc2)cc1Cl. The van der Waals surface area contributed by atoms with Gasteiger partial charge < -0.3 is 24.4 Å². The first-order valence-electron chi connectivity index (χ1n) is 11.2. The lowest BCUT2D eigenvalue weighted by Crippen LogP contribution is -2.32. The second-order valence-corrected chi connectivity index (χ2v) is 8.75. The summed E-state index contributed by atoms with van der Waals surface area (Å²) >= 11 is 6.30. The summed E-state index contributed by atoms with van der Waals surface area (Å²) < 4.78 is 10.2. The molecule has 35 heavy (non-hydrogen) atoms. The lowest BCUT2D eigenvalue weighted by atomic mass is 9.94. The van der Waals surface area contributed by atoms with Crippen molar-refractivity contribution in [2.75, 3.05) is 40.9 Å². The predicted octanol–water partition coefficient (Wildman–Crippen LogP) is 3.90. The Morgan fingerprint density at radius 3 is 2.34 bits per heavy atom. The van der Waals surface area contributed by atoms with Crippen molar-refractivity contribution >= 4 is 35.0 Å². The number of aliphatic hydroxyl groups excluding tert-OH is 1. The van der Waals surface area contributed by atoms with Crippen LogP contribution in [0, 0.1) is 0 Å². The highest BCUT2D eigenvalue weighted by Gasteiger charge is 2.45. The predicted molar refractivity (Wildman–Crippen MR) is 133 cm³/mol. The zero-order valence-electron chi connectivity index (χ0n) is 20.2. The number of hydrogen-bond donors (Lipinski definition) is 1. The summed E-state index contributed by atoms with van der Waals surface area (Å²) in [6.45, 7) is 3.27. The zero-order chi connectivity index (χ0) is 25.7. The first-order valence-corrected chi connectivity index (χ1v) is 11.6. The van der Waals surface area contributed by atoms with Gasteiger partial charge in [0.05, 0.1) is 35.9 Å². The maximum atomic E-state index is 13.1. The zero-order valence-corrected chi connectivity index (χ0v) is 21.0. The van der Waals surface area contributed by atoms with E-state index in [4.69, 9.17) is 21.1 Å². The largest absolute Gasteiger partial charge is 0.507 e. The van der Waals surface area contributed by atoms with E-state index in [0.29, 0.717) is 48.6 Å². The Labute approximate surface area is 209 Å². The fourth-order valence-electron chi connectivity index (χ4n) is 4.01. The number of likely N-dealkylation sites (tertiary alicyclic amines) is 1. The van der Waals surface area contributed by atoms with Gasteiger partial charge in [-0.2, -0.15) is 0 Å². The molecule has 186 valence electrons. The minimum atomic E-state index is -0.825. The number of aliphatic hydroxyl groups is 1. The molecule has 9 heteroatoms. The second-order valence-electron chi connectivity index (χ2n) is 8.34. The summed E-state index contributed by atoms with van der Waals surface area (Å²) in [5.74, 6) is -1.85. The third kappa shape index (κ3) is 5.66. The van der Waals surface area contributed by atoms with Gasteiger partial charge in [0, 0.05) is 12.1 Å². The highest BCUT2D eigenvalue weighted by Crippen LogP contribution is 2.40. The van der Waals surface area contributed by atoms with Crippen LogP contribution in [0.1, 0.15) is 40.9 Å². The van der Waals surface area contributed by atoms with Gasteiger partial charge in [0.1, 0.15) is 11.5 Å². The van der Waals surface area contributed by atoms with Crippen LogP contribution in [0.15, 0.2) is 48.0 Å². The van der Waals surface area contributed by atoms with Crippen molar-refractivity contribution in [3.05, 3.63) is 69.8 Å². The van der Waals surface area contributed by atoms with Crippen LogP contribution < -0.4 is 4.74 Å². The summed E-state index contributed by atoms with van der Waals surface area (Å²) in [5, 5.41) is 11.5. The average molecular weight is 501 g/mol. The molecule has 1 N–H and O–H groups in total. The van der Waals surface area contributed by atoms with Crippen molar-refractivity contribution in [2.24, 2.45) is 0 Å². The smallest absolute Gasteiger partial charge is 0.337 e. The van der Waals surface area contributed by atoms with Crippen LogP contribution in [-0.4, -0.2) is 73.5 Å². The Hall–Kier alpha value is -3.36. The summed E-state index contributed by atoms with van der Waals surface area (Å²) in [6, 6.07) is 10.3. The van der Waals surface area contributed by atoms with Gasteiger partial charge in [0.2, 0.25) is 0 Å². The molecule has 0 bridgehead atoms. The van der Waals surface area contributed by atoms with E-state index in [9.17, 15) is 19.5 Å². The highest BCUT2D eigenvalue weighted by atomic mass is 35.5. The van der Waals surface area contributed by atoms with Crippen molar-refractivity contribution in [1.82, 2.24) is 9.80 Å². The van der Waals surface area contributed by atoms with Crippen LogP contribution in [0.2, 0.25) is 5.02 Å². The fourth-order valence-corrected chi connectivity index (χ4v) is 4.25. The van der Waals surface area contributed by atoms with E-state index in [1.54, 1.807) is 36.4 Å². The van der Waals surface area contributed by atoms with Gasteiger partial charge in [-0.25, -0.2) is 4.79 Å². The minimum Gasteiger partial charge on any atom is -0.507 e. The quantitative estimate of drug-likeness (QED) is 0.241. The van der Waals surface area contributed by atoms with Gasteiger partial charge in [0.25, 0.3) is 11.7 Å². The van der Waals surface area contributed by atoms with E-state index in [2.05, 4.69) is 0 Å². The number of benzene rings is 2. The Bertz CT molecular complexity index is 1140. The lowest BCUT2D eigenvalue weighted by molar-refractivity contribution is -0.139. The molecule has 0 aromatic heterocycles. The van der Waals surface area contributed by atoms with E-state index in [-0.39, 0.29) is 16.4 Å². The Morgan fingerprint density at radius 1 is 1.11 bits per heavy atom. The number of methoxy groups -OCH3 is 1. The number of hydrogen-bond acceptors (Lipinski definition) is 7. The number of nitrogens with zero attached hydrogens (tertiary/aromatic N) is 2. The highest BCUT2D eigenvalue weighted by molar-refractivity contribution is 6.46. The maximum Gasteiger partial charge on any atom is 0.337 e. The maximum absolute atomic E-state index is 13.1. The normalized spacial score (nSPS) is 17.2. The number of halogens is 1. The summed E-state index contributed by atoms with van der Waals surface area (Å²) in [5.41, 5.74) is 1.17. The molecule has 0 radical (unpaired) electrons. The van der Waals surface area contributed by atoms with E-state index in [0.717, 1.165) is 0 Å².